The molecular formula is C20H19N5O2S2. The summed E-state index contributed by atoms with van der Waals surface area (Å²) in [6, 6.07) is 9.67. The molecule has 0 radical (unpaired) electrons. The second-order valence-corrected chi connectivity index (χ2v) is 8.40. The van der Waals surface area contributed by atoms with Gasteiger partial charge in [0.2, 0.25) is 4.96 Å². The van der Waals surface area contributed by atoms with Gasteiger partial charge in [-0.25, -0.2) is 4.52 Å². The molecule has 0 aliphatic heterocycles. The molecule has 4 rings (SSSR count). The highest BCUT2D eigenvalue weighted by atomic mass is 32.1. The number of nitrogens with one attached hydrogen (secondary N) is 2. The summed E-state index contributed by atoms with van der Waals surface area (Å²) in [5.41, 5.74) is 3.51. The molecule has 3 aromatic heterocycles. The summed E-state index contributed by atoms with van der Waals surface area (Å²) >= 11 is 3.10. The number of anilines is 1. The molecule has 0 saturated heterocycles. The van der Waals surface area contributed by atoms with Crippen LogP contribution >= 0.6 is 22.7 Å². The quantitative estimate of drug-likeness (QED) is 0.480. The van der Waals surface area contributed by atoms with Gasteiger partial charge >= 0.3 is 11.8 Å². The zero-order valence-corrected chi connectivity index (χ0v) is 17.6. The van der Waals surface area contributed by atoms with E-state index in [2.05, 4.69) is 20.7 Å². The number of carbonyl (C=O) groups excluding carboxylic acids is 2. The van der Waals surface area contributed by atoms with Crippen LogP contribution in [0.5, 0.6) is 0 Å². The van der Waals surface area contributed by atoms with E-state index in [1.165, 1.54) is 11.3 Å². The van der Waals surface area contributed by atoms with Gasteiger partial charge in [0.05, 0.1) is 10.6 Å². The van der Waals surface area contributed by atoms with Gasteiger partial charge in [-0.05, 0) is 42.5 Å². The Balaban J connectivity index is 1.35. The SMILES string of the molecule is Cc1ccc(C)c(NC(=O)C(=O)NCCc2csc3nc(-c4cccs4)nn23)c1. The molecule has 0 fully saturated rings. The summed E-state index contributed by atoms with van der Waals surface area (Å²) in [6.45, 7) is 4.15. The minimum atomic E-state index is -0.671. The topological polar surface area (TPSA) is 88.4 Å². The average Bonchev–Trinajstić information content (AvgIpc) is 3.42. The highest BCUT2D eigenvalue weighted by molar-refractivity contribution is 7.15. The van der Waals surface area contributed by atoms with Crippen LogP contribution in [-0.2, 0) is 16.0 Å². The largest absolute Gasteiger partial charge is 0.347 e. The smallest absolute Gasteiger partial charge is 0.313 e. The first-order chi connectivity index (χ1) is 14.0. The summed E-state index contributed by atoms with van der Waals surface area (Å²) < 4.78 is 1.79. The minimum Gasteiger partial charge on any atom is -0.347 e. The van der Waals surface area contributed by atoms with Crippen LogP contribution in [-0.4, -0.2) is 33.0 Å². The van der Waals surface area contributed by atoms with E-state index in [4.69, 9.17) is 0 Å². The highest BCUT2D eigenvalue weighted by Crippen LogP contribution is 2.24. The number of fused-ring (bicyclic) bond motifs is 1. The molecule has 2 amide bonds. The maximum absolute atomic E-state index is 12.2. The van der Waals surface area contributed by atoms with Crippen LogP contribution in [0.25, 0.3) is 15.7 Å². The predicted molar refractivity (Wildman–Crippen MR) is 115 cm³/mol. The van der Waals surface area contributed by atoms with Crippen molar-refractivity contribution in [2.24, 2.45) is 0 Å². The van der Waals surface area contributed by atoms with Crippen LogP contribution in [0.15, 0.2) is 41.1 Å². The number of aromatic nitrogens is 3. The molecule has 1 aromatic carbocycles. The molecule has 0 atom stereocenters. The lowest BCUT2D eigenvalue weighted by Crippen LogP contribution is -2.36. The third-order valence-electron chi connectivity index (χ3n) is 4.41. The molecule has 7 nitrogen and oxygen atoms in total. The first-order valence-corrected chi connectivity index (χ1v) is 10.8. The first-order valence-electron chi connectivity index (χ1n) is 9.05. The van der Waals surface area contributed by atoms with E-state index in [1.807, 2.05) is 54.9 Å². The third-order valence-corrected chi connectivity index (χ3v) is 6.14. The van der Waals surface area contributed by atoms with E-state index in [9.17, 15) is 9.59 Å². The van der Waals surface area contributed by atoms with Crippen molar-refractivity contribution >= 4 is 45.1 Å². The van der Waals surface area contributed by atoms with Crippen LogP contribution in [0, 0.1) is 13.8 Å². The zero-order valence-electron chi connectivity index (χ0n) is 15.9. The summed E-state index contributed by atoms with van der Waals surface area (Å²) in [4.78, 5) is 30.7. The molecule has 4 aromatic rings. The van der Waals surface area contributed by atoms with Crippen molar-refractivity contribution in [2.45, 2.75) is 20.3 Å². The van der Waals surface area contributed by atoms with Crippen LogP contribution in [0.2, 0.25) is 0 Å². The fraction of sp³-hybridized carbons (Fsp3) is 0.200. The maximum Gasteiger partial charge on any atom is 0.313 e. The Labute approximate surface area is 175 Å². The van der Waals surface area contributed by atoms with Gasteiger partial charge in [-0.15, -0.1) is 27.8 Å². The lowest BCUT2D eigenvalue weighted by molar-refractivity contribution is -0.136. The van der Waals surface area contributed by atoms with Gasteiger partial charge in [0, 0.05) is 24.0 Å². The summed E-state index contributed by atoms with van der Waals surface area (Å²) in [7, 11) is 0. The lowest BCUT2D eigenvalue weighted by Gasteiger charge is -2.09. The fourth-order valence-corrected chi connectivity index (χ4v) is 4.35. The van der Waals surface area contributed by atoms with Gasteiger partial charge < -0.3 is 10.6 Å². The second kappa shape index (κ2) is 8.14. The molecular weight excluding hydrogens is 406 g/mol. The number of nitrogens with zero attached hydrogens (tertiary/aromatic N) is 3. The average molecular weight is 426 g/mol. The number of benzene rings is 1. The number of aryl methyl sites for hydroxylation is 2. The zero-order chi connectivity index (χ0) is 20.4. The fourth-order valence-electron chi connectivity index (χ4n) is 2.84. The van der Waals surface area contributed by atoms with Crippen molar-refractivity contribution in [3.63, 3.8) is 0 Å². The third kappa shape index (κ3) is 4.20. The number of amides is 2. The van der Waals surface area contributed by atoms with Gasteiger partial charge in [-0.1, -0.05) is 18.2 Å². The number of thiazole rings is 1. The standard InChI is InChI=1S/C20H19N5O2S2/c1-12-5-6-13(2)15(10-12)22-19(27)18(26)21-8-7-14-11-29-20-23-17(24-25(14)20)16-4-3-9-28-16/h3-6,9-11H,7-8H2,1-2H3,(H,21,26)(H,22,27). The van der Waals surface area contributed by atoms with Crippen molar-refractivity contribution in [2.75, 3.05) is 11.9 Å². The summed E-state index contributed by atoms with van der Waals surface area (Å²) in [5, 5.41) is 13.9. The predicted octanol–water partition coefficient (Wildman–Crippen LogP) is 3.43. The molecule has 0 bridgehead atoms. The molecule has 9 heteroatoms. The van der Waals surface area contributed by atoms with Crippen LogP contribution in [0.3, 0.4) is 0 Å². The van der Waals surface area contributed by atoms with Gasteiger partial charge in [-0.2, -0.15) is 4.98 Å². The van der Waals surface area contributed by atoms with Crippen LogP contribution in [0.1, 0.15) is 16.8 Å². The molecule has 0 spiro atoms. The van der Waals surface area contributed by atoms with Crippen molar-refractivity contribution in [3.05, 3.63) is 57.9 Å². The molecule has 0 aliphatic carbocycles. The van der Waals surface area contributed by atoms with Gasteiger partial charge in [0.15, 0.2) is 5.82 Å². The second-order valence-electron chi connectivity index (χ2n) is 6.61. The van der Waals surface area contributed by atoms with E-state index in [0.717, 1.165) is 26.7 Å². The molecule has 29 heavy (non-hydrogen) atoms. The molecule has 0 aliphatic rings. The molecule has 148 valence electrons. The normalized spacial score (nSPS) is 11.0. The van der Waals surface area contributed by atoms with Crippen molar-refractivity contribution in [1.82, 2.24) is 19.9 Å². The van der Waals surface area contributed by atoms with Crippen LogP contribution < -0.4 is 10.6 Å². The Kier molecular flexibility index (Phi) is 5.41. The number of rotatable bonds is 5. The summed E-state index contributed by atoms with van der Waals surface area (Å²) in [5.74, 6) is -0.629. The lowest BCUT2D eigenvalue weighted by atomic mass is 10.1. The van der Waals surface area contributed by atoms with Crippen molar-refractivity contribution < 1.29 is 9.59 Å². The molecule has 2 N–H and O–H groups in total. The van der Waals surface area contributed by atoms with Gasteiger partial charge in [0.1, 0.15) is 0 Å². The molecule has 0 unspecified atom stereocenters. The molecule has 0 saturated carbocycles. The number of hydrogen-bond acceptors (Lipinski definition) is 6. The first kappa shape index (κ1) is 19.3. The Morgan fingerprint density at radius 3 is 2.79 bits per heavy atom. The molecule has 3 heterocycles. The van der Waals surface area contributed by atoms with E-state index >= 15 is 0 Å². The van der Waals surface area contributed by atoms with Crippen molar-refractivity contribution in [3.8, 4) is 10.7 Å². The van der Waals surface area contributed by atoms with Crippen molar-refractivity contribution in [1.29, 1.82) is 0 Å². The van der Waals surface area contributed by atoms with E-state index in [-0.39, 0.29) is 0 Å². The maximum atomic E-state index is 12.2. The van der Waals surface area contributed by atoms with Crippen LogP contribution in [0.4, 0.5) is 5.69 Å². The van der Waals surface area contributed by atoms with E-state index in [1.54, 1.807) is 15.9 Å². The number of thiophene rings is 1. The Hall–Kier alpha value is -3.04. The van der Waals surface area contributed by atoms with E-state index < -0.39 is 11.8 Å². The minimum absolute atomic E-state index is 0.332. The van der Waals surface area contributed by atoms with Gasteiger partial charge in [0.25, 0.3) is 0 Å². The Morgan fingerprint density at radius 1 is 1.14 bits per heavy atom. The van der Waals surface area contributed by atoms with Gasteiger partial charge in [-0.3, -0.25) is 9.59 Å². The highest BCUT2D eigenvalue weighted by Gasteiger charge is 2.16. The van der Waals surface area contributed by atoms with E-state index in [0.29, 0.717) is 24.5 Å². The Bertz CT molecular complexity index is 1180. The monoisotopic (exact) mass is 425 g/mol. The summed E-state index contributed by atoms with van der Waals surface area (Å²) in [6.07, 6.45) is 0.551. The number of carbonyl (C=O) groups is 2. The number of hydrogen-bond donors (Lipinski definition) is 2. The Morgan fingerprint density at radius 2 is 2.00 bits per heavy atom.